The third-order valence-electron chi connectivity index (χ3n) is 2.72. The average molecular weight is 228 g/mol. The standard InChI is InChI=1S/C14H16N2O/c1-11-5-6-12(10-16-11)14(17)8-7-13-4-2-3-9-15-13/h2-6,9-10,14,17H,7-8H2,1H3. The molecule has 0 aliphatic rings. The van der Waals surface area contributed by atoms with Gasteiger partial charge in [0.2, 0.25) is 0 Å². The molecule has 2 rings (SSSR count). The molecule has 2 aromatic rings. The number of nitrogens with zero attached hydrogens (tertiary/aromatic N) is 2. The molecule has 0 aliphatic heterocycles. The Bertz CT molecular complexity index is 453. The van der Waals surface area contributed by atoms with E-state index >= 15 is 0 Å². The normalized spacial score (nSPS) is 12.4. The first-order chi connectivity index (χ1) is 8.25. The Hall–Kier alpha value is -1.74. The smallest absolute Gasteiger partial charge is 0.0808 e. The van der Waals surface area contributed by atoms with E-state index < -0.39 is 6.10 Å². The highest BCUT2D eigenvalue weighted by Gasteiger charge is 2.08. The lowest BCUT2D eigenvalue weighted by molar-refractivity contribution is 0.167. The first-order valence-corrected chi connectivity index (χ1v) is 5.76. The van der Waals surface area contributed by atoms with Crippen molar-refractivity contribution in [1.82, 2.24) is 9.97 Å². The Kier molecular flexibility index (Phi) is 3.83. The van der Waals surface area contributed by atoms with Gasteiger partial charge in [-0.25, -0.2) is 0 Å². The van der Waals surface area contributed by atoms with Gasteiger partial charge in [0.05, 0.1) is 6.10 Å². The summed E-state index contributed by atoms with van der Waals surface area (Å²) < 4.78 is 0. The number of hydrogen-bond acceptors (Lipinski definition) is 3. The van der Waals surface area contributed by atoms with Crippen molar-refractivity contribution in [2.24, 2.45) is 0 Å². The minimum atomic E-state index is -0.467. The van der Waals surface area contributed by atoms with Gasteiger partial charge >= 0.3 is 0 Å². The molecule has 1 atom stereocenters. The highest BCUT2D eigenvalue weighted by atomic mass is 16.3. The lowest BCUT2D eigenvalue weighted by Gasteiger charge is -2.10. The monoisotopic (exact) mass is 228 g/mol. The van der Waals surface area contributed by atoms with E-state index in [-0.39, 0.29) is 0 Å². The van der Waals surface area contributed by atoms with Gasteiger partial charge < -0.3 is 5.11 Å². The van der Waals surface area contributed by atoms with Crippen LogP contribution in [0.25, 0.3) is 0 Å². The van der Waals surface area contributed by atoms with Crippen LogP contribution in [0.5, 0.6) is 0 Å². The number of pyridine rings is 2. The maximum atomic E-state index is 10.0. The van der Waals surface area contributed by atoms with Crippen molar-refractivity contribution in [3.63, 3.8) is 0 Å². The Labute approximate surface area is 101 Å². The molecule has 0 amide bonds. The van der Waals surface area contributed by atoms with Crippen LogP contribution in [-0.4, -0.2) is 15.1 Å². The topological polar surface area (TPSA) is 46.0 Å². The summed E-state index contributed by atoms with van der Waals surface area (Å²) >= 11 is 0. The van der Waals surface area contributed by atoms with Crippen LogP contribution in [0.4, 0.5) is 0 Å². The molecule has 0 saturated heterocycles. The second-order valence-corrected chi connectivity index (χ2v) is 4.11. The molecule has 3 heteroatoms. The minimum Gasteiger partial charge on any atom is -0.388 e. The fraction of sp³-hybridized carbons (Fsp3) is 0.286. The highest BCUT2D eigenvalue weighted by molar-refractivity contribution is 5.16. The van der Waals surface area contributed by atoms with Crippen molar-refractivity contribution < 1.29 is 5.11 Å². The molecular formula is C14H16N2O. The lowest BCUT2D eigenvalue weighted by atomic mass is 10.1. The van der Waals surface area contributed by atoms with Crippen LogP contribution in [0, 0.1) is 6.92 Å². The summed E-state index contributed by atoms with van der Waals surface area (Å²) in [6.07, 6.45) is 4.48. The number of aryl methyl sites for hydroxylation is 2. The quantitative estimate of drug-likeness (QED) is 0.874. The van der Waals surface area contributed by atoms with Crippen LogP contribution in [-0.2, 0) is 6.42 Å². The van der Waals surface area contributed by atoms with Gasteiger partial charge in [-0.05, 0) is 43.5 Å². The molecule has 0 fully saturated rings. The number of aliphatic hydroxyl groups is 1. The van der Waals surface area contributed by atoms with E-state index in [0.29, 0.717) is 6.42 Å². The zero-order valence-electron chi connectivity index (χ0n) is 9.87. The number of aliphatic hydroxyl groups excluding tert-OH is 1. The average Bonchev–Trinajstić information content (AvgIpc) is 2.38. The summed E-state index contributed by atoms with van der Waals surface area (Å²) in [6, 6.07) is 9.66. The predicted octanol–water partition coefficient (Wildman–Crippen LogP) is 2.45. The second-order valence-electron chi connectivity index (χ2n) is 4.11. The molecule has 88 valence electrons. The SMILES string of the molecule is Cc1ccc(C(O)CCc2ccccn2)cn1. The molecular weight excluding hydrogens is 212 g/mol. The maximum absolute atomic E-state index is 10.0. The van der Waals surface area contributed by atoms with E-state index in [2.05, 4.69) is 9.97 Å². The maximum Gasteiger partial charge on any atom is 0.0808 e. The van der Waals surface area contributed by atoms with E-state index in [9.17, 15) is 5.11 Å². The van der Waals surface area contributed by atoms with Gasteiger partial charge in [0, 0.05) is 23.8 Å². The van der Waals surface area contributed by atoms with Gasteiger partial charge in [-0.15, -0.1) is 0 Å². The third-order valence-corrected chi connectivity index (χ3v) is 2.72. The van der Waals surface area contributed by atoms with Crippen molar-refractivity contribution in [3.8, 4) is 0 Å². The summed E-state index contributed by atoms with van der Waals surface area (Å²) in [5.41, 5.74) is 2.84. The molecule has 0 aliphatic carbocycles. The van der Waals surface area contributed by atoms with E-state index in [0.717, 1.165) is 23.4 Å². The van der Waals surface area contributed by atoms with Gasteiger partial charge in [-0.2, -0.15) is 0 Å². The highest BCUT2D eigenvalue weighted by Crippen LogP contribution is 2.17. The van der Waals surface area contributed by atoms with Gasteiger partial charge in [0.1, 0.15) is 0 Å². The Morgan fingerprint density at radius 1 is 1.18 bits per heavy atom. The molecule has 1 N–H and O–H groups in total. The van der Waals surface area contributed by atoms with Crippen LogP contribution < -0.4 is 0 Å². The molecule has 0 radical (unpaired) electrons. The summed E-state index contributed by atoms with van der Waals surface area (Å²) in [6.45, 7) is 1.93. The molecule has 2 heterocycles. The third kappa shape index (κ3) is 3.36. The fourth-order valence-electron chi connectivity index (χ4n) is 1.67. The number of rotatable bonds is 4. The lowest BCUT2D eigenvalue weighted by Crippen LogP contribution is -2.01. The first-order valence-electron chi connectivity index (χ1n) is 5.76. The van der Waals surface area contributed by atoms with Crippen molar-refractivity contribution in [2.75, 3.05) is 0 Å². The van der Waals surface area contributed by atoms with E-state index in [1.165, 1.54) is 0 Å². The zero-order chi connectivity index (χ0) is 12.1. The Morgan fingerprint density at radius 3 is 2.71 bits per heavy atom. The van der Waals surface area contributed by atoms with Gasteiger partial charge in [-0.1, -0.05) is 12.1 Å². The van der Waals surface area contributed by atoms with E-state index in [1.807, 2.05) is 37.3 Å². The van der Waals surface area contributed by atoms with Crippen LogP contribution in [0.2, 0.25) is 0 Å². The van der Waals surface area contributed by atoms with Crippen LogP contribution >= 0.6 is 0 Å². The summed E-state index contributed by atoms with van der Waals surface area (Å²) in [4.78, 5) is 8.41. The van der Waals surface area contributed by atoms with Crippen molar-refractivity contribution in [2.45, 2.75) is 25.9 Å². The molecule has 17 heavy (non-hydrogen) atoms. The van der Waals surface area contributed by atoms with Crippen LogP contribution in [0.15, 0.2) is 42.7 Å². The van der Waals surface area contributed by atoms with Gasteiger partial charge in [-0.3, -0.25) is 9.97 Å². The van der Waals surface area contributed by atoms with Gasteiger partial charge in [0.15, 0.2) is 0 Å². The summed E-state index contributed by atoms with van der Waals surface area (Å²) in [5, 5.41) is 10.0. The van der Waals surface area contributed by atoms with Crippen LogP contribution in [0.1, 0.15) is 29.5 Å². The van der Waals surface area contributed by atoms with E-state index in [4.69, 9.17) is 0 Å². The van der Waals surface area contributed by atoms with E-state index in [1.54, 1.807) is 12.4 Å². The van der Waals surface area contributed by atoms with Crippen molar-refractivity contribution >= 4 is 0 Å². The molecule has 0 saturated carbocycles. The Balaban J connectivity index is 1.93. The van der Waals surface area contributed by atoms with Gasteiger partial charge in [0.25, 0.3) is 0 Å². The number of hydrogen-bond donors (Lipinski definition) is 1. The Morgan fingerprint density at radius 2 is 2.06 bits per heavy atom. The van der Waals surface area contributed by atoms with Crippen LogP contribution in [0.3, 0.4) is 0 Å². The molecule has 0 aromatic carbocycles. The summed E-state index contributed by atoms with van der Waals surface area (Å²) in [7, 11) is 0. The molecule has 2 aromatic heterocycles. The molecule has 0 bridgehead atoms. The van der Waals surface area contributed by atoms with Crippen molar-refractivity contribution in [1.29, 1.82) is 0 Å². The largest absolute Gasteiger partial charge is 0.388 e. The number of aromatic nitrogens is 2. The fourth-order valence-corrected chi connectivity index (χ4v) is 1.67. The summed E-state index contributed by atoms with van der Waals surface area (Å²) in [5.74, 6) is 0. The minimum absolute atomic E-state index is 0.467. The zero-order valence-corrected chi connectivity index (χ0v) is 9.87. The van der Waals surface area contributed by atoms with Crippen molar-refractivity contribution in [3.05, 3.63) is 59.7 Å². The predicted molar refractivity (Wildman–Crippen MR) is 66.5 cm³/mol. The molecule has 3 nitrogen and oxygen atoms in total. The molecule has 0 spiro atoms. The first kappa shape index (κ1) is 11.7. The second kappa shape index (κ2) is 5.55. The molecule has 1 unspecified atom stereocenters.